The van der Waals surface area contributed by atoms with Crippen molar-refractivity contribution in [3.8, 4) is 10.6 Å². The van der Waals surface area contributed by atoms with Gasteiger partial charge in [0.05, 0.1) is 6.42 Å². The summed E-state index contributed by atoms with van der Waals surface area (Å²) in [6.07, 6.45) is 0.307. The van der Waals surface area contributed by atoms with E-state index in [9.17, 15) is 4.79 Å². The molecule has 1 N–H and O–H groups in total. The lowest BCUT2D eigenvalue weighted by Gasteiger charge is -2.06. The molecule has 0 radical (unpaired) electrons. The van der Waals surface area contributed by atoms with Gasteiger partial charge in [0.2, 0.25) is 11.0 Å². The van der Waals surface area contributed by atoms with E-state index in [2.05, 4.69) is 15.5 Å². The van der Waals surface area contributed by atoms with E-state index < -0.39 is 0 Å². The van der Waals surface area contributed by atoms with Gasteiger partial charge in [-0.2, -0.15) is 0 Å². The molecule has 0 fully saturated rings. The number of aromatic nitrogens is 2. The van der Waals surface area contributed by atoms with Gasteiger partial charge in [0.15, 0.2) is 0 Å². The maximum Gasteiger partial charge on any atom is 0.230 e. The van der Waals surface area contributed by atoms with E-state index in [1.807, 2.05) is 72.8 Å². The molecule has 0 spiro atoms. The van der Waals surface area contributed by atoms with Gasteiger partial charge in [-0.05, 0) is 16.3 Å². The van der Waals surface area contributed by atoms with Gasteiger partial charge >= 0.3 is 0 Å². The van der Waals surface area contributed by atoms with Crippen molar-refractivity contribution in [3.63, 3.8) is 0 Å². The first-order valence-electron chi connectivity index (χ1n) is 7.95. The highest BCUT2D eigenvalue weighted by Crippen LogP contribution is 2.26. The summed E-state index contributed by atoms with van der Waals surface area (Å²) >= 11 is 1.37. The fourth-order valence-corrected chi connectivity index (χ4v) is 3.52. The van der Waals surface area contributed by atoms with Crippen LogP contribution in [0.25, 0.3) is 21.3 Å². The van der Waals surface area contributed by atoms with E-state index >= 15 is 0 Å². The lowest BCUT2D eigenvalue weighted by atomic mass is 10.0. The molecule has 4 rings (SSSR count). The van der Waals surface area contributed by atoms with Crippen molar-refractivity contribution < 1.29 is 4.79 Å². The second kappa shape index (κ2) is 6.83. The average molecular weight is 345 g/mol. The molecule has 25 heavy (non-hydrogen) atoms. The summed E-state index contributed by atoms with van der Waals surface area (Å²) in [7, 11) is 0. The summed E-state index contributed by atoms with van der Waals surface area (Å²) in [5.41, 5.74) is 2.00. The standard InChI is InChI=1S/C20H15N3OS/c24-18(13-16-11-6-10-14-7-4-5-12-17(14)16)21-20-23-22-19(25-20)15-8-2-1-3-9-15/h1-12H,13H2,(H,21,23,24). The van der Waals surface area contributed by atoms with Crippen molar-refractivity contribution in [2.45, 2.75) is 6.42 Å². The van der Waals surface area contributed by atoms with Gasteiger partial charge in [0.25, 0.3) is 0 Å². The summed E-state index contributed by atoms with van der Waals surface area (Å²) < 4.78 is 0. The van der Waals surface area contributed by atoms with Crippen molar-refractivity contribution in [1.29, 1.82) is 0 Å². The highest BCUT2D eigenvalue weighted by atomic mass is 32.1. The Balaban J connectivity index is 1.50. The molecule has 1 heterocycles. The first kappa shape index (κ1) is 15.5. The first-order chi connectivity index (χ1) is 12.3. The van der Waals surface area contributed by atoms with Gasteiger partial charge in [0.1, 0.15) is 5.01 Å². The maximum atomic E-state index is 12.4. The molecule has 3 aromatic carbocycles. The minimum absolute atomic E-state index is 0.0906. The van der Waals surface area contributed by atoms with Crippen LogP contribution in [0.1, 0.15) is 5.56 Å². The van der Waals surface area contributed by atoms with Gasteiger partial charge in [-0.25, -0.2) is 0 Å². The van der Waals surface area contributed by atoms with Gasteiger partial charge in [-0.15, -0.1) is 10.2 Å². The molecule has 0 atom stereocenters. The third kappa shape index (κ3) is 3.41. The number of hydrogen-bond acceptors (Lipinski definition) is 4. The normalized spacial score (nSPS) is 10.7. The summed E-state index contributed by atoms with van der Waals surface area (Å²) in [5.74, 6) is -0.0906. The van der Waals surface area contributed by atoms with Crippen LogP contribution < -0.4 is 5.32 Å². The lowest BCUT2D eigenvalue weighted by Crippen LogP contribution is -2.14. The molecular formula is C20H15N3OS. The minimum atomic E-state index is -0.0906. The van der Waals surface area contributed by atoms with Crippen molar-refractivity contribution in [2.24, 2.45) is 0 Å². The van der Waals surface area contributed by atoms with Crippen LogP contribution in [0.4, 0.5) is 5.13 Å². The predicted octanol–water partition coefficient (Wildman–Crippen LogP) is 4.54. The number of nitrogens with one attached hydrogen (secondary N) is 1. The molecule has 0 saturated heterocycles. The van der Waals surface area contributed by atoms with E-state index in [1.165, 1.54) is 11.3 Å². The van der Waals surface area contributed by atoms with E-state index in [0.29, 0.717) is 11.6 Å². The third-order valence-corrected chi connectivity index (χ3v) is 4.81. The Bertz CT molecular complexity index is 1020. The zero-order chi connectivity index (χ0) is 17.1. The fraction of sp³-hybridized carbons (Fsp3) is 0.0500. The Kier molecular flexibility index (Phi) is 4.23. The summed E-state index contributed by atoms with van der Waals surface area (Å²) in [6.45, 7) is 0. The largest absolute Gasteiger partial charge is 0.300 e. The Morgan fingerprint density at radius 3 is 2.52 bits per heavy atom. The molecule has 0 aliphatic heterocycles. The summed E-state index contributed by atoms with van der Waals surface area (Å²) in [6, 6.07) is 23.9. The predicted molar refractivity (Wildman–Crippen MR) is 102 cm³/mol. The SMILES string of the molecule is O=C(Cc1cccc2ccccc12)Nc1nnc(-c2ccccc2)s1. The Morgan fingerprint density at radius 1 is 0.880 bits per heavy atom. The maximum absolute atomic E-state index is 12.4. The number of hydrogen-bond donors (Lipinski definition) is 1. The number of carbonyl (C=O) groups excluding carboxylic acids is 1. The second-order valence-corrected chi connectivity index (χ2v) is 6.62. The molecule has 4 nitrogen and oxygen atoms in total. The van der Waals surface area contributed by atoms with E-state index in [0.717, 1.165) is 26.9 Å². The number of carbonyl (C=O) groups is 1. The van der Waals surface area contributed by atoms with Crippen LogP contribution in [0.5, 0.6) is 0 Å². The smallest absolute Gasteiger partial charge is 0.230 e. The van der Waals surface area contributed by atoms with Crippen LogP contribution in [-0.2, 0) is 11.2 Å². The summed E-state index contributed by atoms with van der Waals surface area (Å²) in [5, 5.41) is 14.6. The lowest BCUT2D eigenvalue weighted by molar-refractivity contribution is -0.115. The van der Waals surface area contributed by atoms with Crippen LogP contribution in [0.2, 0.25) is 0 Å². The Hall–Kier alpha value is -3.05. The molecule has 0 saturated carbocycles. The molecule has 1 amide bonds. The van der Waals surface area contributed by atoms with E-state index in [1.54, 1.807) is 0 Å². The van der Waals surface area contributed by atoms with E-state index in [4.69, 9.17) is 0 Å². The summed E-state index contributed by atoms with van der Waals surface area (Å²) in [4.78, 5) is 12.4. The van der Waals surface area contributed by atoms with Crippen molar-refractivity contribution in [1.82, 2.24) is 10.2 Å². The number of nitrogens with zero attached hydrogens (tertiary/aromatic N) is 2. The molecule has 0 aliphatic rings. The molecule has 0 bridgehead atoms. The molecule has 1 aromatic heterocycles. The van der Waals surface area contributed by atoms with Gasteiger partial charge in [0, 0.05) is 5.56 Å². The van der Waals surface area contributed by atoms with Crippen molar-refractivity contribution in [2.75, 3.05) is 5.32 Å². The quantitative estimate of drug-likeness (QED) is 0.591. The average Bonchev–Trinajstić information content (AvgIpc) is 3.11. The highest BCUT2D eigenvalue weighted by molar-refractivity contribution is 7.18. The van der Waals surface area contributed by atoms with Crippen LogP contribution >= 0.6 is 11.3 Å². The molecule has 5 heteroatoms. The highest BCUT2D eigenvalue weighted by Gasteiger charge is 2.11. The fourth-order valence-electron chi connectivity index (χ4n) is 2.75. The number of rotatable bonds is 4. The zero-order valence-electron chi connectivity index (χ0n) is 13.3. The van der Waals surface area contributed by atoms with Crippen molar-refractivity contribution in [3.05, 3.63) is 78.4 Å². The number of amides is 1. The van der Waals surface area contributed by atoms with Crippen LogP contribution in [-0.4, -0.2) is 16.1 Å². The molecule has 0 aliphatic carbocycles. The number of anilines is 1. The monoisotopic (exact) mass is 345 g/mol. The Labute approximate surface area is 149 Å². The molecule has 0 unspecified atom stereocenters. The van der Waals surface area contributed by atoms with Crippen molar-refractivity contribution >= 4 is 33.1 Å². The van der Waals surface area contributed by atoms with Gasteiger partial charge < -0.3 is 5.32 Å². The third-order valence-electron chi connectivity index (χ3n) is 3.92. The van der Waals surface area contributed by atoms with Crippen LogP contribution in [0.3, 0.4) is 0 Å². The minimum Gasteiger partial charge on any atom is -0.300 e. The second-order valence-electron chi connectivity index (χ2n) is 5.64. The molecular weight excluding hydrogens is 330 g/mol. The molecule has 122 valence electrons. The number of benzene rings is 3. The van der Waals surface area contributed by atoms with Crippen LogP contribution in [0, 0.1) is 0 Å². The zero-order valence-corrected chi connectivity index (χ0v) is 14.2. The van der Waals surface area contributed by atoms with E-state index in [-0.39, 0.29) is 5.91 Å². The first-order valence-corrected chi connectivity index (χ1v) is 8.77. The molecule has 4 aromatic rings. The van der Waals surface area contributed by atoms with Gasteiger partial charge in [-0.1, -0.05) is 84.1 Å². The number of fused-ring (bicyclic) bond motifs is 1. The topological polar surface area (TPSA) is 54.9 Å². The Morgan fingerprint density at radius 2 is 1.64 bits per heavy atom. The van der Waals surface area contributed by atoms with Crippen LogP contribution in [0.15, 0.2) is 72.8 Å². The van der Waals surface area contributed by atoms with Gasteiger partial charge in [-0.3, -0.25) is 4.79 Å².